The van der Waals surface area contributed by atoms with Crippen molar-refractivity contribution in [1.82, 2.24) is 10.2 Å². The van der Waals surface area contributed by atoms with E-state index in [-0.39, 0.29) is 17.9 Å². The molecule has 1 amide bonds. The zero-order valence-corrected chi connectivity index (χ0v) is 19.4. The summed E-state index contributed by atoms with van der Waals surface area (Å²) in [6.45, 7) is 4.76. The van der Waals surface area contributed by atoms with Gasteiger partial charge >= 0.3 is 0 Å². The van der Waals surface area contributed by atoms with Gasteiger partial charge in [-0.05, 0) is 55.2 Å². The van der Waals surface area contributed by atoms with Gasteiger partial charge in [0.15, 0.2) is 11.5 Å². The number of piperidine rings is 1. The van der Waals surface area contributed by atoms with E-state index >= 15 is 0 Å². The lowest BCUT2D eigenvalue weighted by atomic mass is 9.98. The van der Waals surface area contributed by atoms with E-state index in [4.69, 9.17) is 9.47 Å². The minimum Gasteiger partial charge on any atom is -0.493 e. The molecule has 0 saturated carbocycles. The average molecular weight is 445 g/mol. The van der Waals surface area contributed by atoms with Crippen molar-refractivity contribution >= 4 is 5.91 Å². The molecule has 0 aliphatic carbocycles. The highest BCUT2D eigenvalue weighted by Crippen LogP contribution is 2.31. The number of methoxy groups -OCH3 is 1. The summed E-state index contributed by atoms with van der Waals surface area (Å²) in [5, 5.41) is 3.25. The standard InChI is InChI=1S/C28H32N2O3/c1-21(23-10-4-3-5-11-23)28(31)29-24-15-17-30(18-16-24)20-22-9-8-12-25(19-22)33-27-14-7-6-13-26(27)32-2/h3-14,19,21,24H,15-18,20H2,1-2H3,(H,29,31)/t21-/m1/s1. The number of para-hydroxylation sites is 2. The van der Waals surface area contributed by atoms with Gasteiger partial charge in [0.2, 0.25) is 5.91 Å². The van der Waals surface area contributed by atoms with Crippen LogP contribution in [0.3, 0.4) is 0 Å². The van der Waals surface area contributed by atoms with Crippen molar-refractivity contribution in [3.05, 3.63) is 90.0 Å². The Morgan fingerprint density at radius 2 is 1.67 bits per heavy atom. The van der Waals surface area contributed by atoms with Gasteiger partial charge in [-0.2, -0.15) is 0 Å². The van der Waals surface area contributed by atoms with Gasteiger partial charge in [0.05, 0.1) is 13.0 Å². The van der Waals surface area contributed by atoms with Gasteiger partial charge in [0.25, 0.3) is 0 Å². The van der Waals surface area contributed by atoms with Crippen LogP contribution in [-0.4, -0.2) is 37.0 Å². The van der Waals surface area contributed by atoms with E-state index in [1.165, 1.54) is 5.56 Å². The molecule has 0 aromatic heterocycles. The second-order valence-corrected chi connectivity index (χ2v) is 8.59. The molecule has 1 N–H and O–H groups in total. The number of amides is 1. The summed E-state index contributed by atoms with van der Waals surface area (Å²) in [4.78, 5) is 15.1. The van der Waals surface area contributed by atoms with Crippen LogP contribution < -0.4 is 14.8 Å². The van der Waals surface area contributed by atoms with Crippen molar-refractivity contribution in [1.29, 1.82) is 0 Å². The third kappa shape index (κ3) is 6.14. The fourth-order valence-corrected chi connectivity index (χ4v) is 4.25. The molecule has 1 aliphatic rings. The van der Waals surface area contributed by atoms with Crippen molar-refractivity contribution in [2.24, 2.45) is 0 Å². The number of likely N-dealkylation sites (tertiary alicyclic amines) is 1. The molecule has 0 bridgehead atoms. The first kappa shape index (κ1) is 22.9. The molecule has 3 aromatic rings. The van der Waals surface area contributed by atoms with E-state index in [9.17, 15) is 4.79 Å². The highest BCUT2D eigenvalue weighted by Gasteiger charge is 2.23. The number of nitrogens with zero attached hydrogens (tertiary/aromatic N) is 1. The van der Waals surface area contributed by atoms with Crippen molar-refractivity contribution in [2.45, 2.75) is 38.3 Å². The predicted molar refractivity (Wildman–Crippen MR) is 131 cm³/mol. The zero-order chi connectivity index (χ0) is 23.0. The van der Waals surface area contributed by atoms with Gasteiger partial charge < -0.3 is 14.8 Å². The smallest absolute Gasteiger partial charge is 0.227 e. The molecule has 0 spiro atoms. The SMILES string of the molecule is COc1ccccc1Oc1cccc(CN2CCC(NC(=O)[C@H](C)c3ccccc3)CC2)c1. The van der Waals surface area contributed by atoms with Crippen molar-refractivity contribution in [2.75, 3.05) is 20.2 Å². The van der Waals surface area contributed by atoms with Gasteiger partial charge in [-0.1, -0.05) is 54.6 Å². The number of rotatable bonds is 8. The van der Waals surface area contributed by atoms with Crippen LogP contribution in [0.5, 0.6) is 17.2 Å². The van der Waals surface area contributed by atoms with Crippen molar-refractivity contribution < 1.29 is 14.3 Å². The van der Waals surface area contributed by atoms with E-state index in [0.717, 1.165) is 43.8 Å². The third-order valence-electron chi connectivity index (χ3n) is 6.23. The lowest BCUT2D eigenvalue weighted by molar-refractivity contribution is -0.123. The van der Waals surface area contributed by atoms with Crippen LogP contribution in [0.15, 0.2) is 78.9 Å². The minimum absolute atomic E-state index is 0.112. The molecule has 1 saturated heterocycles. The molecule has 5 heteroatoms. The Morgan fingerprint density at radius 3 is 2.39 bits per heavy atom. The lowest BCUT2D eigenvalue weighted by Gasteiger charge is -2.33. The molecule has 3 aromatic carbocycles. The Labute approximate surface area is 196 Å². The number of carbonyl (C=O) groups excluding carboxylic acids is 1. The molecular formula is C28H32N2O3. The number of nitrogens with one attached hydrogen (secondary N) is 1. The molecule has 1 atom stereocenters. The first-order valence-corrected chi connectivity index (χ1v) is 11.6. The summed E-state index contributed by atoms with van der Waals surface area (Å²) in [6.07, 6.45) is 1.93. The summed E-state index contributed by atoms with van der Waals surface area (Å²) >= 11 is 0. The van der Waals surface area contributed by atoms with Crippen LogP contribution in [0.4, 0.5) is 0 Å². The number of carbonyl (C=O) groups is 1. The first-order chi connectivity index (χ1) is 16.1. The molecule has 33 heavy (non-hydrogen) atoms. The second kappa shape index (κ2) is 11.0. The molecule has 4 rings (SSSR count). The Kier molecular flexibility index (Phi) is 7.63. The Hall–Kier alpha value is -3.31. The van der Waals surface area contributed by atoms with Crippen LogP contribution in [-0.2, 0) is 11.3 Å². The summed E-state index contributed by atoms with van der Waals surface area (Å²) < 4.78 is 11.4. The molecule has 1 heterocycles. The van der Waals surface area contributed by atoms with E-state index in [1.54, 1.807) is 7.11 Å². The lowest BCUT2D eigenvalue weighted by Crippen LogP contribution is -2.45. The van der Waals surface area contributed by atoms with Gasteiger partial charge in [0, 0.05) is 25.7 Å². The Bertz CT molecular complexity index is 1050. The fourth-order valence-electron chi connectivity index (χ4n) is 4.25. The number of ether oxygens (including phenoxy) is 2. The molecule has 1 fully saturated rings. The van der Waals surface area contributed by atoms with Crippen LogP contribution in [0.1, 0.15) is 36.8 Å². The number of hydrogen-bond acceptors (Lipinski definition) is 4. The molecule has 5 nitrogen and oxygen atoms in total. The molecule has 0 radical (unpaired) electrons. The topological polar surface area (TPSA) is 50.8 Å². The summed E-state index contributed by atoms with van der Waals surface area (Å²) in [7, 11) is 1.65. The van der Waals surface area contributed by atoms with Crippen molar-refractivity contribution in [3.63, 3.8) is 0 Å². The van der Waals surface area contributed by atoms with Gasteiger partial charge in [0.1, 0.15) is 5.75 Å². The van der Waals surface area contributed by atoms with Gasteiger partial charge in [-0.15, -0.1) is 0 Å². The van der Waals surface area contributed by atoms with E-state index in [2.05, 4.69) is 22.3 Å². The monoisotopic (exact) mass is 444 g/mol. The maximum absolute atomic E-state index is 12.7. The van der Waals surface area contributed by atoms with Crippen molar-refractivity contribution in [3.8, 4) is 17.2 Å². The zero-order valence-electron chi connectivity index (χ0n) is 19.4. The van der Waals surface area contributed by atoms with Crippen LogP contribution in [0.2, 0.25) is 0 Å². The van der Waals surface area contributed by atoms with Gasteiger partial charge in [-0.25, -0.2) is 0 Å². The summed E-state index contributed by atoms with van der Waals surface area (Å²) in [6, 6.07) is 26.1. The number of hydrogen-bond donors (Lipinski definition) is 1. The molecular weight excluding hydrogens is 412 g/mol. The van der Waals surface area contributed by atoms with E-state index < -0.39 is 0 Å². The predicted octanol–water partition coefficient (Wildman–Crippen LogP) is 5.37. The first-order valence-electron chi connectivity index (χ1n) is 11.6. The Morgan fingerprint density at radius 1 is 0.970 bits per heavy atom. The van der Waals surface area contributed by atoms with E-state index in [1.807, 2.05) is 73.7 Å². The fraction of sp³-hybridized carbons (Fsp3) is 0.321. The number of benzene rings is 3. The van der Waals surface area contributed by atoms with Crippen LogP contribution >= 0.6 is 0 Å². The highest BCUT2D eigenvalue weighted by atomic mass is 16.5. The normalized spacial score (nSPS) is 15.6. The van der Waals surface area contributed by atoms with Gasteiger partial charge in [-0.3, -0.25) is 9.69 Å². The molecule has 0 unspecified atom stereocenters. The average Bonchev–Trinajstić information content (AvgIpc) is 2.86. The molecule has 172 valence electrons. The quantitative estimate of drug-likeness (QED) is 0.507. The largest absolute Gasteiger partial charge is 0.493 e. The highest BCUT2D eigenvalue weighted by molar-refractivity contribution is 5.83. The second-order valence-electron chi connectivity index (χ2n) is 8.59. The molecule has 1 aliphatic heterocycles. The van der Waals surface area contributed by atoms with E-state index in [0.29, 0.717) is 11.5 Å². The maximum Gasteiger partial charge on any atom is 0.227 e. The Balaban J connectivity index is 1.28. The maximum atomic E-state index is 12.7. The minimum atomic E-state index is -0.129. The van der Waals surface area contributed by atoms with Crippen LogP contribution in [0, 0.1) is 0 Å². The summed E-state index contributed by atoms with van der Waals surface area (Å²) in [5.41, 5.74) is 2.27. The third-order valence-corrected chi connectivity index (χ3v) is 6.23. The summed E-state index contributed by atoms with van der Waals surface area (Å²) in [5.74, 6) is 2.21. The van der Waals surface area contributed by atoms with Crippen LogP contribution in [0.25, 0.3) is 0 Å².